The molecule has 0 aliphatic carbocycles. The molecule has 224 valence electrons. The van der Waals surface area contributed by atoms with Crippen molar-refractivity contribution in [3.63, 3.8) is 0 Å². The first kappa shape index (κ1) is 36.8. The summed E-state index contributed by atoms with van der Waals surface area (Å²) < 4.78 is 1.61. The summed E-state index contributed by atoms with van der Waals surface area (Å²) in [5.41, 5.74) is 0. The van der Waals surface area contributed by atoms with Crippen LogP contribution >= 0.6 is 0 Å². The largest absolute Gasteiger partial charge is 0.396 e. The third kappa shape index (κ3) is 17.4. The average Bonchev–Trinajstić information content (AvgIpc) is 2.87. The summed E-state index contributed by atoms with van der Waals surface area (Å²) in [5.74, 6) is 0. The molecule has 2 unspecified atom stereocenters. The van der Waals surface area contributed by atoms with Crippen LogP contribution in [0.5, 0.6) is 0 Å². The van der Waals surface area contributed by atoms with Crippen molar-refractivity contribution >= 4 is 0 Å². The number of aliphatic hydroxyl groups excluding tert-OH is 6. The smallest absolute Gasteiger partial charge is 0.0974 e. The molecule has 0 heterocycles. The predicted octanol–water partition coefficient (Wildman–Crippen LogP) is -1.12. The van der Waals surface area contributed by atoms with Crippen LogP contribution < -0.4 is 0 Å². The number of hydrogen-bond donors (Lipinski definition) is 6. The van der Waals surface area contributed by atoms with Gasteiger partial charge in [-0.25, -0.2) is 0 Å². The van der Waals surface area contributed by atoms with E-state index in [1.807, 2.05) is 9.80 Å². The van der Waals surface area contributed by atoms with Gasteiger partial charge < -0.3 is 39.6 Å². The summed E-state index contributed by atoms with van der Waals surface area (Å²) in [6.45, 7) is 5.46. The lowest BCUT2D eigenvalue weighted by Crippen LogP contribution is -2.42. The summed E-state index contributed by atoms with van der Waals surface area (Å²) in [6.07, 6.45) is 14.0. The van der Waals surface area contributed by atoms with E-state index in [0.29, 0.717) is 39.0 Å². The molecule has 0 aliphatic heterocycles. The number of rotatable bonds is 24. The molecule has 0 rings (SSSR count). The van der Waals surface area contributed by atoms with Crippen LogP contribution in [0.25, 0.3) is 0 Å². The minimum Gasteiger partial charge on any atom is -0.396 e. The Hall–Kier alpha value is -1.18. The second kappa shape index (κ2) is 21.6. The number of quaternary nitrogens is 2. The molecule has 10 heteroatoms. The number of aliphatic hydroxyl groups is 6. The van der Waals surface area contributed by atoms with Gasteiger partial charge in [-0.15, -0.1) is 0 Å². The predicted molar refractivity (Wildman–Crippen MR) is 154 cm³/mol. The van der Waals surface area contributed by atoms with E-state index in [4.69, 9.17) is 0 Å². The van der Waals surface area contributed by atoms with Gasteiger partial charge in [0, 0.05) is 44.9 Å². The fourth-order valence-corrected chi connectivity index (χ4v) is 4.21. The Kier molecular flexibility index (Phi) is 20.9. The molecule has 6 N–H and O–H groups in total. The molecule has 0 spiro atoms. The van der Waals surface area contributed by atoms with Gasteiger partial charge in [0.25, 0.3) is 0 Å². The molecule has 0 fully saturated rings. The van der Waals surface area contributed by atoms with Crippen LogP contribution in [0.15, 0.2) is 36.5 Å². The summed E-state index contributed by atoms with van der Waals surface area (Å²) in [6, 6.07) is -0.258. The second-order valence-electron chi connectivity index (χ2n) is 11.1. The highest BCUT2D eigenvalue weighted by Gasteiger charge is 2.17. The van der Waals surface area contributed by atoms with E-state index in [1.54, 1.807) is 0 Å². The van der Waals surface area contributed by atoms with Crippen molar-refractivity contribution < 1.29 is 39.6 Å². The Morgan fingerprint density at radius 1 is 0.526 bits per heavy atom. The van der Waals surface area contributed by atoms with Crippen molar-refractivity contribution in [1.29, 1.82) is 0 Å². The van der Waals surface area contributed by atoms with Crippen LogP contribution in [0.4, 0.5) is 0 Å². The quantitative estimate of drug-likeness (QED) is 0.0664. The normalized spacial score (nSPS) is 15.2. The van der Waals surface area contributed by atoms with Gasteiger partial charge in [0.1, 0.15) is 0 Å². The van der Waals surface area contributed by atoms with Crippen molar-refractivity contribution in [2.75, 3.05) is 120 Å². The Labute approximate surface area is 231 Å². The Morgan fingerprint density at radius 2 is 0.947 bits per heavy atom. The molecule has 0 bridgehead atoms. The fourth-order valence-electron chi connectivity index (χ4n) is 4.21. The van der Waals surface area contributed by atoms with Crippen molar-refractivity contribution in [3.05, 3.63) is 36.5 Å². The summed E-state index contributed by atoms with van der Waals surface area (Å²) in [5, 5.41) is 56.2. The van der Waals surface area contributed by atoms with Crippen LogP contribution in [0.3, 0.4) is 0 Å². The topological polar surface area (TPSA) is 128 Å². The van der Waals surface area contributed by atoms with E-state index in [9.17, 15) is 30.6 Å². The standard InChI is InChI=1S/C28H58N4O6/c1-31(2,17-7-5-11-27(25-37)30(15-23-35)16-24-36)19-9-10-20-32(3,4)18-8-6-13-29(14-22-34)28(26-38)12-21-33/h5-10,27-28,33-38H,11-26H2,1-4H3/q+2/b7-5+,8-6+,10-9+. The van der Waals surface area contributed by atoms with Crippen LogP contribution in [-0.2, 0) is 0 Å². The van der Waals surface area contributed by atoms with Crippen LogP contribution in [-0.4, -0.2) is 182 Å². The lowest BCUT2D eigenvalue weighted by molar-refractivity contribution is -0.881. The van der Waals surface area contributed by atoms with Crippen LogP contribution in [0.1, 0.15) is 12.8 Å². The summed E-state index contributed by atoms with van der Waals surface area (Å²) >= 11 is 0. The molecule has 0 radical (unpaired) electrons. The Bertz CT molecular complexity index is 651. The average molecular weight is 547 g/mol. The number of likely N-dealkylation sites (N-methyl/N-ethyl adjacent to an activating group) is 2. The van der Waals surface area contributed by atoms with Gasteiger partial charge in [0.2, 0.25) is 0 Å². The molecule has 0 saturated heterocycles. The van der Waals surface area contributed by atoms with E-state index < -0.39 is 0 Å². The maximum absolute atomic E-state index is 9.70. The van der Waals surface area contributed by atoms with Gasteiger partial charge in [-0.3, -0.25) is 9.80 Å². The molecular formula is C28H58N4O6+2. The zero-order valence-electron chi connectivity index (χ0n) is 24.4. The van der Waals surface area contributed by atoms with E-state index in [0.717, 1.165) is 35.1 Å². The van der Waals surface area contributed by atoms with E-state index in [2.05, 4.69) is 64.6 Å². The van der Waals surface area contributed by atoms with Crippen molar-refractivity contribution in [2.24, 2.45) is 0 Å². The first-order chi connectivity index (χ1) is 18.1. The van der Waals surface area contributed by atoms with E-state index in [-0.39, 0.29) is 51.7 Å². The fraction of sp³-hybridized carbons (Fsp3) is 0.786. The van der Waals surface area contributed by atoms with Gasteiger partial charge in [0.15, 0.2) is 0 Å². The van der Waals surface area contributed by atoms with E-state index in [1.165, 1.54) is 0 Å². The van der Waals surface area contributed by atoms with Gasteiger partial charge >= 0.3 is 0 Å². The minimum absolute atomic E-state index is 0.00197. The maximum atomic E-state index is 9.70. The van der Waals surface area contributed by atoms with Crippen molar-refractivity contribution in [3.8, 4) is 0 Å². The third-order valence-electron chi connectivity index (χ3n) is 6.72. The second-order valence-corrected chi connectivity index (χ2v) is 11.1. The number of hydrogen-bond acceptors (Lipinski definition) is 8. The van der Waals surface area contributed by atoms with Crippen LogP contribution in [0, 0.1) is 0 Å². The zero-order chi connectivity index (χ0) is 28.9. The van der Waals surface area contributed by atoms with Gasteiger partial charge in [-0.05, 0) is 37.1 Å². The monoisotopic (exact) mass is 546 g/mol. The molecule has 0 aromatic carbocycles. The molecule has 38 heavy (non-hydrogen) atoms. The van der Waals surface area contributed by atoms with Gasteiger partial charge in [0.05, 0.1) is 87.4 Å². The molecule has 0 aliphatic rings. The number of nitrogens with zero attached hydrogens (tertiary/aromatic N) is 4. The molecule has 2 atom stereocenters. The lowest BCUT2D eigenvalue weighted by Gasteiger charge is -2.30. The first-order valence-corrected chi connectivity index (χ1v) is 13.8. The molecular weight excluding hydrogens is 488 g/mol. The van der Waals surface area contributed by atoms with E-state index >= 15 is 0 Å². The molecule has 0 aromatic rings. The highest BCUT2D eigenvalue weighted by atomic mass is 16.3. The minimum atomic E-state index is -0.151. The molecule has 0 amide bonds. The lowest BCUT2D eigenvalue weighted by atomic mass is 10.1. The maximum Gasteiger partial charge on any atom is 0.0974 e. The van der Waals surface area contributed by atoms with Crippen molar-refractivity contribution in [2.45, 2.75) is 24.9 Å². The zero-order valence-corrected chi connectivity index (χ0v) is 24.4. The third-order valence-corrected chi connectivity index (χ3v) is 6.72. The highest BCUT2D eigenvalue weighted by Crippen LogP contribution is 2.07. The Balaban J connectivity index is 4.60. The highest BCUT2D eigenvalue weighted by molar-refractivity contribution is 4.90. The Morgan fingerprint density at radius 3 is 1.37 bits per heavy atom. The van der Waals surface area contributed by atoms with Gasteiger partial charge in [-0.2, -0.15) is 0 Å². The molecule has 0 saturated carbocycles. The first-order valence-electron chi connectivity index (χ1n) is 13.8. The molecule has 10 nitrogen and oxygen atoms in total. The van der Waals surface area contributed by atoms with Crippen molar-refractivity contribution in [1.82, 2.24) is 9.80 Å². The van der Waals surface area contributed by atoms with Crippen LogP contribution in [0.2, 0.25) is 0 Å². The molecule has 0 aromatic heterocycles. The van der Waals surface area contributed by atoms with Gasteiger partial charge in [-0.1, -0.05) is 12.2 Å². The SMILES string of the molecule is C[N+](C)(C/C=C/CC(CO)N(CCO)CCO)C/C=C/C[N+](C)(C)C/C=C/CN(CCO)C(CO)CCO. The summed E-state index contributed by atoms with van der Waals surface area (Å²) in [4.78, 5) is 3.90. The summed E-state index contributed by atoms with van der Waals surface area (Å²) in [7, 11) is 8.72.